The quantitative estimate of drug-likeness (QED) is 0.321. The third-order valence-corrected chi connectivity index (χ3v) is 8.67. The highest BCUT2D eigenvalue weighted by Gasteiger charge is 2.40. The molecule has 0 radical (unpaired) electrons. The van der Waals surface area contributed by atoms with Gasteiger partial charge in [0, 0.05) is 37.0 Å². The van der Waals surface area contributed by atoms with E-state index in [-0.39, 0.29) is 5.82 Å². The van der Waals surface area contributed by atoms with Gasteiger partial charge in [-0.2, -0.15) is 0 Å². The summed E-state index contributed by atoms with van der Waals surface area (Å²) in [5, 5.41) is 7.93. The highest BCUT2D eigenvalue weighted by atomic mass is 32.2. The first kappa shape index (κ1) is 26.7. The van der Waals surface area contributed by atoms with Gasteiger partial charge in [-0.3, -0.25) is 9.55 Å². The molecule has 0 N–H and O–H groups in total. The molecule has 4 aromatic rings. The van der Waals surface area contributed by atoms with Crippen LogP contribution in [0.5, 0.6) is 11.5 Å². The van der Waals surface area contributed by atoms with Crippen molar-refractivity contribution < 1.29 is 22.6 Å². The Bertz CT molecular complexity index is 1550. The third-order valence-electron chi connectivity index (χ3n) is 6.60. The summed E-state index contributed by atoms with van der Waals surface area (Å²) < 4.78 is 46.9. The molecular weight excluding hydrogens is 520 g/mol. The Morgan fingerprint density at radius 3 is 2.38 bits per heavy atom. The summed E-state index contributed by atoms with van der Waals surface area (Å²) in [4.78, 5) is 13.0. The van der Waals surface area contributed by atoms with Gasteiger partial charge in [0.1, 0.15) is 29.0 Å². The van der Waals surface area contributed by atoms with Crippen molar-refractivity contribution in [2.24, 2.45) is 0 Å². The van der Waals surface area contributed by atoms with Crippen molar-refractivity contribution in [3.63, 3.8) is 0 Å². The summed E-state index contributed by atoms with van der Waals surface area (Å²) >= 11 is 0. The molecule has 0 aliphatic carbocycles. The molecule has 0 bridgehead atoms. The first-order chi connectivity index (χ1) is 18.8. The van der Waals surface area contributed by atoms with Crippen molar-refractivity contribution >= 4 is 9.84 Å². The standard InChI is InChI=1S/C27H30N6O5S/c1-17-11-19(15-28-12-17)27-32-31-23(33(27)24-20(36-3)7-5-8-21(24)37-4)16-39(34,35)22-9-6-10-38-25(22)26-29-13-18(2)14-30-26/h5,7-8,11-15,22,25H,6,9-10,16H2,1-4H3/t22-,25-/m0/s1. The zero-order chi connectivity index (χ0) is 27.6. The number of hydrogen-bond donors (Lipinski definition) is 0. The highest BCUT2D eigenvalue weighted by molar-refractivity contribution is 7.91. The van der Waals surface area contributed by atoms with E-state index in [2.05, 4.69) is 25.1 Å². The summed E-state index contributed by atoms with van der Waals surface area (Å²) in [5.41, 5.74) is 2.97. The lowest BCUT2D eigenvalue weighted by molar-refractivity contribution is 0.0124. The highest BCUT2D eigenvalue weighted by Crippen LogP contribution is 2.38. The molecule has 3 aromatic heterocycles. The predicted molar refractivity (Wildman–Crippen MR) is 144 cm³/mol. The minimum atomic E-state index is -3.82. The number of aryl methyl sites for hydroxylation is 2. The first-order valence-corrected chi connectivity index (χ1v) is 14.2. The molecule has 0 unspecified atom stereocenters. The average Bonchev–Trinajstić information content (AvgIpc) is 3.35. The number of pyridine rings is 1. The topological polar surface area (TPSA) is 131 Å². The van der Waals surface area contributed by atoms with Crippen LogP contribution >= 0.6 is 0 Å². The fraction of sp³-hybridized carbons (Fsp3) is 0.370. The predicted octanol–water partition coefficient (Wildman–Crippen LogP) is 3.59. The van der Waals surface area contributed by atoms with Gasteiger partial charge in [-0.1, -0.05) is 6.07 Å². The number of methoxy groups -OCH3 is 2. The lowest BCUT2D eigenvalue weighted by atomic mass is 10.1. The van der Waals surface area contributed by atoms with Gasteiger partial charge in [0.25, 0.3) is 0 Å². The van der Waals surface area contributed by atoms with Crippen molar-refractivity contribution in [3.8, 4) is 28.6 Å². The number of rotatable bonds is 8. The normalized spacial score (nSPS) is 17.6. The molecule has 1 aliphatic rings. The van der Waals surface area contributed by atoms with Gasteiger partial charge in [-0.15, -0.1) is 10.2 Å². The van der Waals surface area contributed by atoms with Crippen molar-refractivity contribution in [2.75, 3.05) is 20.8 Å². The molecule has 1 aliphatic heterocycles. The molecule has 12 heteroatoms. The smallest absolute Gasteiger partial charge is 0.170 e. The van der Waals surface area contributed by atoms with Gasteiger partial charge in [-0.05, 0) is 56.0 Å². The molecule has 11 nitrogen and oxygen atoms in total. The Hall–Kier alpha value is -3.90. The van der Waals surface area contributed by atoms with Crippen LogP contribution in [0.2, 0.25) is 0 Å². The molecule has 1 saturated heterocycles. The van der Waals surface area contributed by atoms with Gasteiger partial charge in [0.15, 0.2) is 27.3 Å². The molecule has 0 spiro atoms. The molecule has 204 valence electrons. The maximum absolute atomic E-state index is 14.0. The second-order valence-electron chi connectivity index (χ2n) is 9.44. The van der Waals surface area contributed by atoms with E-state index in [9.17, 15) is 8.42 Å². The summed E-state index contributed by atoms with van der Waals surface area (Å²) in [6.45, 7) is 4.23. The van der Waals surface area contributed by atoms with Crippen LogP contribution in [0, 0.1) is 13.8 Å². The van der Waals surface area contributed by atoms with Gasteiger partial charge in [0.2, 0.25) is 0 Å². The van der Waals surface area contributed by atoms with Crippen molar-refractivity contribution in [2.45, 2.75) is 43.8 Å². The summed E-state index contributed by atoms with van der Waals surface area (Å²) in [7, 11) is -0.736. The SMILES string of the molecule is COc1cccc(OC)c1-n1c(CS(=O)(=O)[C@H]2CCCO[C@@H]2c2ncc(C)cn2)nnc1-c1cncc(C)c1. The fourth-order valence-corrected chi connectivity index (χ4v) is 6.62. The van der Waals surface area contributed by atoms with Crippen LogP contribution in [0.4, 0.5) is 0 Å². The molecule has 0 saturated carbocycles. The molecule has 4 heterocycles. The molecule has 0 amide bonds. The Balaban J connectivity index is 1.62. The maximum atomic E-state index is 14.0. The molecule has 1 aromatic carbocycles. The largest absolute Gasteiger partial charge is 0.494 e. The summed E-state index contributed by atoms with van der Waals surface area (Å²) in [6.07, 6.45) is 6.98. The maximum Gasteiger partial charge on any atom is 0.170 e. The number of hydrogen-bond acceptors (Lipinski definition) is 10. The van der Waals surface area contributed by atoms with E-state index in [0.717, 1.165) is 11.1 Å². The van der Waals surface area contributed by atoms with E-state index in [1.807, 2.05) is 19.9 Å². The van der Waals surface area contributed by atoms with Crippen molar-refractivity contribution in [1.82, 2.24) is 29.7 Å². The van der Waals surface area contributed by atoms with Gasteiger partial charge in [-0.25, -0.2) is 18.4 Å². The van der Waals surface area contributed by atoms with E-state index in [0.29, 0.717) is 53.8 Å². The van der Waals surface area contributed by atoms with E-state index in [1.54, 1.807) is 61.8 Å². The number of nitrogens with zero attached hydrogens (tertiary/aromatic N) is 6. The lowest BCUT2D eigenvalue weighted by Crippen LogP contribution is -2.36. The second kappa shape index (κ2) is 11.1. The van der Waals surface area contributed by atoms with Gasteiger partial charge in [0.05, 0.1) is 19.5 Å². The zero-order valence-corrected chi connectivity index (χ0v) is 23.1. The van der Waals surface area contributed by atoms with Crippen LogP contribution < -0.4 is 9.47 Å². The van der Waals surface area contributed by atoms with Crippen LogP contribution in [0.15, 0.2) is 49.1 Å². The van der Waals surface area contributed by atoms with Gasteiger partial charge < -0.3 is 14.2 Å². The number of para-hydroxylation sites is 1. The van der Waals surface area contributed by atoms with E-state index in [4.69, 9.17) is 14.2 Å². The summed E-state index contributed by atoms with van der Waals surface area (Å²) in [6, 6.07) is 7.25. The molecule has 39 heavy (non-hydrogen) atoms. The Labute approximate surface area is 227 Å². The number of benzene rings is 1. The third kappa shape index (κ3) is 5.34. The number of aromatic nitrogens is 6. The first-order valence-electron chi connectivity index (χ1n) is 12.5. The van der Waals surface area contributed by atoms with Crippen LogP contribution in [0.25, 0.3) is 17.1 Å². The molecule has 5 rings (SSSR count). The molecular formula is C27H30N6O5S. The van der Waals surface area contributed by atoms with Crippen LogP contribution in [0.1, 0.15) is 41.7 Å². The fourth-order valence-electron chi connectivity index (χ4n) is 4.76. The van der Waals surface area contributed by atoms with Gasteiger partial charge >= 0.3 is 0 Å². The Kier molecular flexibility index (Phi) is 7.58. The van der Waals surface area contributed by atoms with Crippen LogP contribution in [-0.4, -0.2) is 64.2 Å². The monoisotopic (exact) mass is 550 g/mol. The second-order valence-corrected chi connectivity index (χ2v) is 11.7. The lowest BCUT2D eigenvalue weighted by Gasteiger charge is -2.30. The summed E-state index contributed by atoms with van der Waals surface area (Å²) in [5.74, 6) is 1.54. The van der Waals surface area contributed by atoms with Crippen LogP contribution in [-0.2, 0) is 20.3 Å². The van der Waals surface area contributed by atoms with Crippen molar-refractivity contribution in [1.29, 1.82) is 0 Å². The Morgan fingerprint density at radius 2 is 1.72 bits per heavy atom. The van der Waals surface area contributed by atoms with Crippen LogP contribution in [0.3, 0.4) is 0 Å². The number of ether oxygens (including phenoxy) is 3. The van der Waals surface area contributed by atoms with E-state index in [1.165, 1.54) is 0 Å². The number of sulfone groups is 1. The van der Waals surface area contributed by atoms with E-state index >= 15 is 0 Å². The molecule has 2 atom stereocenters. The minimum absolute atomic E-state index is 0.212. The van der Waals surface area contributed by atoms with E-state index < -0.39 is 26.9 Å². The average molecular weight is 551 g/mol. The van der Waals surface area contributed by atoms with Crippen molar-refractivity contribution in [3.05, 3.63) is 71.8 Å². The molecule has 1 fully saturated rings. The zero-order valence-electron chi connectivity index (χ0n) is 22.2. The minimum Gasteiger partial charge on any atom is -0.494 e. The Morgan fingerprint density at radius 1 is 1.00 bits per heavy atom.